The topological polar surface area (TPSA) is 0 Å². The molecule has 0 saturated heterocycles. The fraction of sp³-hybridized carbons (Fsp3) is 0.364. The van der Waals surface area contributed by atoms with Gasteiger partial charge in [-0.25, -0.2) is 0 Å². The lowest BCUT2D eigenvalue weighted by atomic mass is 9.86. The van der Waals surface area contributed by atoms with E-state index in [1.54, 1.807) is 22.3 Å². The zero-order valence-corrected chi connectivity index (χ0v) is 30.0. The van der Waals surface area contributed by atoms with E-state index in [9.17, 15) is 0 Å². The van der Waals surface area contributed by atoms with Gasteiger partial charge in [-0.05, 0) is 91.4 Å². The van der Waals surface area contributed by atoms with Gasteiger partial charge in [-0.3, -0.25) is 0 Å². The Hall–Kier alpha value is -3.42. The smallest absolute Gasteiger partial charge is 0.0681 e. The molecule has 0 saturated carbocycles. The predicted molar refractivity (Wildman–Crippen MR) is 199 cm³/mol. The Kier molecular flexibility index (Phi) is 8.46. The number of benzene rings is 4. The lowest BCUT2D eigenvalue weighted by Gasteiger charge is -2.32. The van der Waals surface area contributed by atoms with E-state index < -0.39 is 8.80 Å². The van der Waals surface area contributed by atoms with Gasteiger partial charge in [-0.1, -0.05) is 176 Å². The molecule has 2 unspecified atom stereocenters. The molecule has 2 aliphatic carbocycles. The van der Waals surface area contributed by atoms with E-state index in [2.05, 4.69) is 159 Å². The highest BCUT2D eigenvalue weighted by Crippen LogP contribution is 2.51. The highest BCUT2D eigenvalue weighted by Gasteiger charge is 2.41. The quantitative estimate of drug-likeness (QED) is 0.183. The van der Waals surface area contributed by atoms with E-state index in [-0.39, 0.29) is 10.8 Å². The summed E-state index contributed by atoms with van der Waals surface area (Å²) in [6.45, 7) is 20.9. The van der Waals surface area contributed by atoms with Crippen LogP contribution in [0, 0.1) is 0 Å². The zero-order valence-electron chi connectivity index (χ0n) is 29.0. The van der Waals surface area contributed by atoms with Gasteiger partial charge in [0.15, 0.2) is 0 Å². The van der Waals surface area contributed by atoms with Gasteiger partial charge < -0.3 is 0 Å². The van der Waals surface area contributed by atoms with Crippen LogP contribution in [0.3, 0.4) is 0 Å². The maximum atomic E-state index is 2.53. The molecule has 45 heavy (non-hydrogen) atoms. The molecule has 0 aromatic heterocycles. The van der Waals surface area contributed by atoms with Gasteiger partial charge in [0, 0.05) is 0 Å². The second-order valence-corrected chi connectivity index (χ2v) is 18.4. The molecule has 0 nitrogen and oxygen atoms in total. The Balaban J connectivity index is 1.40. The number of fused-ring (bicyclic) bond motifs is 2. The van der Waals surface area contributed by atoms with Crippen LogP contribution in [0.1, 0.15) is 120 Å². The van der Waals surface area contributed by atoms with Crippen molar-refractivity contribution in [2.75, 3.05) is 0 Å². The summed E-state index contributed by atoms with van der Waals surface area (Å²) in [4.78, 5) is 0. The molecule has 0 fully saturated rings. The van der Waals surface area contributed by atoms with Crippen LogP contribution in [-0.4, -0.2) is 8.80 Å². The molecule has 1 heteroatoms. The van der Waals surface area contributed by atoms with Crippen molar-refractivity contribution in [3.63, 3.8) is 0 Å². The molecule has 0 aliphatic heterocycles. The molecule has 0 spiro atoms. The fourth-order valence-corrected chi connectivity index (χ4v) is 12.0. The van der Waals surface area contributed by atoms with Crippen molar-refractivity contribution < 1.29 is 0 Å². The molecule has 4 aromatic carbocycles. The molecular formula is C44H51Si. The maximum absolute atomic E-state index is 2.53. The van der Waals surface area contributed by atoms with E-state index in [1.165, 1.54) is 63.4 Å². The Bertz CT molecular complexity index is 1620. The third kappa shape index (κ3) is 5.97. The van der Waals surface area contributed by atoms with Crippen LogP contribution < -0.4 is 0 Å². The number of hydrogen-bond donors (Lipinski definition) is 0. The monoisotopic (exact) mass is 607 g/mol. The van der Waals surface area contributed by atoms with Gasteiger partial charge in [0.1, 0.15) is 0 Å². The third-order valence-electron chi connectivity index (χ3n) is 10.2. The SMILES string of the molecule is CCCC[Si](C1C(C)=Cc2c(-c3ccc(C(C)(C)C)cc3)cccc21)C1C(C)=Cc2c(-c3ccc(C(C)(C)C)cc3)cccc21. The van der Waals surface area contributed by atoms with Crippen molar-refractivity contribution in [1.82, 2.24) is 0 Å². The van der Waals surface area contributed by atoms with Crippen LogP contribution in [0.4, 0.5) is 0 Å². The van der Waals surface area contributed by atoms with Crippen molar-refractivity contribution >= 4 is 20.9 Å². The standard InChI is InChI=1S/C44H51Si/c1-10-11-26-45(41-29(2)27-39-35(14-12-16-37(39)41)31-18-22-33(23-19-31)43(4,5)6)42-30(3)28-40-36(15-13-17-38(40)42)32-20-24-34(25-21-32)44(7,8)9/h12-25,27-28,41-42H,10-11,26H2,1-9H3. The van der Waals surface area contributed by atoms with Crippen LogP contribution in [0.5, 0.6) is 0 Å². The summed E-state index contributed by atoms with van der Waals surface area (Å²) in [6.07, 6.45) is 7.62. The van der Waals surface area contributed by atoms with Gasteiger partial charge >= 0.3 is 0 Å². The van der Waals surface area contributed by atoms with Crippen LogP contribution >= 0.6 is 0 Å². The Morgan fingerprint density at radius 1 is 0.556 bits per heavy atom. The van der Waals surface area contributed by atoms with Crippen molar-refractivity contribution in [3.05, 3.63) is 129 Å². The molecule has 2 aliphatic rings. The van der Waals surface area contributed by atoms with Crippen molar-refractivity contribution in [3.8, 4) is 22.3 Å². The molecule has 2 atom stereocenters. The zero-order chi connectivity index (χ0) is 32.1. The summed E-state index contributed by atoms with van der Waals surface area (Å²) in [5, 5.41) is 0. The summed E-state index contributed by atoms with van der Waals surface area (Å²) < 4.78 is 0. The molecule has 231 valence electrons. The van der Waals surface area contributed by atoms with Crippen LogP contribution in [0.25, 0.3) is 34.4 Å². The molecule has 0 amide bonds. The summed E-state index contributed by atoms with van der Waals surface area (Å²) in [6, 6.07) is 34.2. The average molecular weight is 608 g/mol. The van der Waals surface area contributed by atoms with Crippen LogP contribution in [0.15, 0.2) is 96.1 Å². The predicted octanol–water partition coefficient (Wildman–Crippen LogP) is 12.7. The second-order valence-electron chi connectivity index (χ2n) is 15.6. The number of unbranched alkanes of at least 4 members (excludes halogenated alkanes) is 1. The van der Waals surface area contributed by atoms with E-state index >= 15 is 0 Å². The average Bonchev–Trinajstić information content (AvgIpc) is 3.52. The number of rotatable bonds is 7. The van der Waals surface area contributed by atoms with Crippen molar-refractivity contribution in [1.29, 1.82) is 0 Å². The van der Waals surface area contributed by atoms with Gasteiger partial charge in [0.05, 0.1) is 8.80 Å². The highest BCUT2D eigenvalue weighted by molar-refractivity contribution is 6.64. The van der Waals surface area contributed by atoms with Gasteiger partial charge in [-0.15, -0.1) is 0 Å². The lowest BCUT2D eigenvalue weighted by molar-refractivity contribution is 0.590. The number of hydrogen-bond acceptors (Lipinski definition) is 0. The van der Waals surface area contributed by atoms with E-state index in [1.807, 2.05) is 0 Å². The van der Waals surface area contributed by atoms with Gasteiger partial charge in [0.2, 0.25) is 0 Å². The Labute approximate surface area is 274 Å². The first-order chi connectivity index (χ1) is 21.4. The van der Waals surface area contributed by atoms with Crippen molar-refractivity contribution in [2.24, 2.45) is 0 Å². The number of allylic oxidation sites excluding steroid dienone is 2. The minimum absolute atomic E-state index is 0.161. The third-order valence-corrected chi connectivity index (χ3v) is 14.2. The summed E-state index contributed by atoms with van der Waals surface area (Å²) >= 11 is 0. The largest absolute Gasteiger partial charge is 0.0749 e. The normalized spacial score (nSPS) is 17.7. The molecule has 6 rings (SSSR count). The first-order valence-corrected chi connectivity index (χ1v) is 18.9. The minimum Gasteiger partial charge on any atom is -0.0681 e. The Morgan fingerprint density at radius 2 is 0.956 bits per heavy atom. The summed E-state index contributed by atoms with van der Waals surface area (Å²) in [7, 11) is -0.867. The summed E-state index contributed by atoms with van der Waals surface area (Å²) in [5.74, 6) is 0. The molecule has 1 radical (unpaired) electrons. The minimum atomic E-state index is -0.867. The first kappa shape index (κ1) is 31.6. The Morgan fingerprint density at radius 3 is 1.31 bits per heavy atom. The summed E-state index contributed by atoms with van der Waals surface area (Å²) in [5.41, 5.74) is 18.7. The molecule has 0 heterocycles. The second kappa shape index (κ2) is 12.1. The molecule has 4 aromatic rings. The van der Waals surface area contributed by atoms with Gasteiger partial charge in [-0.2, -0.15) is 0 Å². The maximum Gasteiger partial charge on any atom is 0.0749 e. The molecular weight excluding hydrogens is 557 g/mol. The van der Waals surface area contributed by atoms with E-state index in [0.717, 1.165) is 0 Å². The first-order valence-electron chi connectivity index (χ1n) is 17.1. The van der Waals surface area contributed by atoms with Gasteiger partial charge in [0.25, 0.3) is 0 Å². The van der Waals surface area contributed by atoms with E-state index in [4.69, 9.17) is 0 Å². The van der Waals surface area contributed by atoms with Crippen molar-refractivity contribution in [2.45, 2.75) is 103 Å². The molecule has 0 bridgehead atoms. The fourth-order valence-electron chi connectivity index (χ4n) is 7.73. The van der Waals surface area contributed by atoms with E-state index in [0.29, 0.717) is 11.1 Å². The highest BCUT2D eigenvalue weighted by atomic mass is 28.3. The molecule has 0 N–H and O–H groups in total. The lowest BCUT2D eigenvalue weighted by Crippen LogP contribution is -2.31. The van der Waals surface area contributed by atoms with Crippen LogP contribution in [-0.2, 0) is 10.8 Å². The van der Waals surface area contributed by atoms with Crippen LogP contribution in [0.2, 0.25) is 6.04 Å².